The van der Waals surface area contributed by atoms with Gasteiger partial charge in [-0.1, -0.05) is 0 Å². The summed E-state index contributed by atoms with van der Waals surface area (Å²) in [5.41, 5.74) is 0.209. The van der Waals surface area contributed by atoms with Gasteiger partial charge in [0, 0.05) is 10.7 Å². The molecule has 15 heavy (non-hydrogen) atoms. The molecule has 0 atom stereocenters. The molecular weight excluding hydrogens is 284 g/mol. The Bertz CT molecular complexity index is 493. The first kappa shape index (κ1) is 12.2. The lowest BCUT2D eigenvalue weighted by atomic mass is 10.2. The molecule has 0 N–H and O–H groups in total. The van der Waals surface area contributed by atoms with Gasteiger partial charge in [0.15, 0.2) is 9.84 Å². The van der Waals surface area contributed by atoms with Crippen LogP contribution >= 0.6 is 15.9 Å². The number of benzene rings is 1. The van der Waals surface area contributed by atoms with E-state index in [9.17, 15) is 13.2 Å². The van der Waals surface area contributed by atoms with E-state index in [2.05, 4.69) is 20.7 Å². The van der Waals surface area contributed by atoms with Crippen molar-refractivity contribution in [2.24, 2.45) is 0 Å². The third kappa shape index (κ3) is 2.79. The van der Waals surface area contributed by atoms with E-state index >= 15 is 0 Å². The fourth-order valence-electron chi connectivity index (χ4n) is 1.03. The molecule has 0 bridgehead atoms. The van der Waals surface area contributed by atoms with Crippen molar-refractivity contribution in [3.8, 4) is 0 Å². The van der Waals surface area contributed by atoms with Crippen LogP contribution < -0.4 is 0 Å². The molecule has 1 aromatic rings. The summed E-state index contributed by atoms with van der Waals surface area (Å²) >= 11 is 3.11. The van der Waals surface area contributed by atoms with Gasteiger partial charge in [-0.25, -0.2) is 13.2 Å². The molecule has 0 unspecified atom stereocenters. The second-order valence-corrected chi connectivity index (χ2v) is 5.75. The summed E-state index contributed by atoms with van der Waals surface area (Å²) in [6, 6.07) is 4.28. The second-order valence-electron chi connectivity index (χ2n) is 2.91. The molecular formula is C9H9BrO4S. The Kier molecular flexibility index (Phi) is 3.51. The van der Waals surface area contributed by atoms with E-state index < -0.39 is 15.8 Å². The Morgan fingerprint density at radius 2 is 2.00 bits per heavy atom. The maximum absolute atomic E-state index is 11.3. The molecule has 1 aromatic carbocycles. The third-order valence-electron chi connectivity index (χ3n) is 1.75. The molecule has 0 heterocycles. The minimum absolute atomic E-state index is 0.0744. The zero-order valence-corrected chi connectivity index (χ0v) is 10.6. The van der Waals surface area contributed by atoms with Crippen molar-refractivity contribution in [1.29, 1.82) is 0 Å². The monoisotopic (exact) mass is 292 g/mol. The van der Waals surface area contributed by atoms with E-state index in [0.717, 1.165) is 6.26 Å². The predicted molar refractivity (Wildman–Crippen MR) is 58.6 cm³/mol. The fourth-order valence-corrected chi connectivity index (χ4v) is 2.92. The topological polar surface area (TPSA) is 60.4 Å². The Hall–Kier alpha value is -0.880. The lowest BCUT2D eigenvalue weighted by molar-refractivity contribution is 0.0600. The van der Waals surface area contributed by atoms with Crippen molar-refractivity contribution >= 4 is 31.7 Å². The van der Waals surface area contributed by atoms with Crippen LogP contribution in [0.5, 0.6) is 0 Å². The van der Waals surface area contributed by atoms with Crippen molar-refractivity contribution in [2.75, 3.05) is 13.4 Å². The first-order valence-electron chi connectivity index (χ1n) is 3.94. The summed E-state index contributed by atoms with van der Waals surface area (Å²) in [4.78, 5) is 11.2. The van der Waals surface area contributed by atoms with Gasteiger partial charge in [0.05, 0.1) is 17.6 Å². The fraction of sp³-hybridized carbons (Fsp3) is 0.222. The van der Waals surface area contributed by atoms with Crippen LogP contribution in [-0.4, -0.2) is 27.8 Å². The molecule has 0 amide bonds. The maximum atomic E-state index is 11.3. The number of hydrogen-bond donors (Lipinski definition) is 0. The summed E-state index contributed by atoms with van der Waals surface area (Å²) in [7, 11) is -2.11. The molecule has 0 spiro atoms. The zero-order valence-electron chi connectivity index (χ0n) is 8.15. The van der Waals surface area contributed by atoms with Gasteiger partial charge >= 0.3 is 5.97 Å². The first-order chi connectivity index (χ1) is 6.86. The van der Waals surface area contributed by atoms with E-state index in [0.29, 0.717) is 4.47 Å². The minimum atomic E-state index is -3.35. The Morgan fingerprint density at radius 3 is 2.47 bits per heavy atom. The van der Waals surface area contributed by atoms with Gasteiger partial charge in [-0.2, -0.15) is 0 Å². The molecule has 6 heteroatoms. The number of carbonyl (C=O) groups is 1. The molecule has 1 rings (SSSR count). The van der Waals surface area contributed by atoms with Gasteiger partial charge in [-0.15, -0.1) is 0 Å². The Labute approximate surface area is 96.3 Å². The van der Waals surface area contributed by atoms with Crippen LogP contribution in [0.25, 0.3) is 0 Å². The molecule has 0 saturated heterocycles. The van der Waals surface area contributed by atoms with Gasteiger partial charge in [0.1, 0.15) is 0 Å². The average Bonchev–Trinajstić information content (AvgIpc) is 2.15. The summed E-state index contributed by atoms with van der Waals surface area (Å²) in [6.45, 7) is 0. The van der Waals surface area contributed by atoms with Crippen molar-refractivity contribution in [1.82, 2.24) is 0 Å². The molecule has 0 aliphatic heterocycles. The van der Waals surface area contributed by atoms with Crippen molar-refractivity contribution in [2.45, 2.75) is 4.90 Å². The number of ether oxygens (including phenoxy) is 1. The zero-order chi connectivity index (χ0) is 11.6. The number of rotatable bonds is 2. The van der Waals surface area contributed by atoms with E-state index in [1.54, 1.807) is 0 Å². The highest BCUT2D eigenvalue weighted by Gasteiger charge is 2.15. The number of hydrogen-bond acceptors (Lipinski definition) is 4. The number of sulfone groups is 1. The smallest absolute Gasteiger partial charge is 0.337 e. The second kappa shape index (κ2) is 4.32. The van der Waals surface area contributed by atoms with Gasteiger partial charge in [0.2, 0.25) is 0 Å². The van der Waals surface area contributed by atoms with E-state index in [1.165, 1.54) is 25.3 Å². The molecule has 0 radical (unpaired) electrons. The summed E-state index contributed by atoms with van der Waals surface area (Å²) < 4.78 is 27.6. The normalized spacial score (nSPS) is 11.1. The van der Waals surface area contributed by atoms with Crippen LogP contribution in [0.15, 0.2) is 27.6 Å². The highest BCUT2D eigenvalue weighted by atomic mass is 79.9. The number of esters is 1. The number of methoxy groups -OCH3 is 1. The van der Waals surface area contributed by atoms with E-state index in [4.69, 9.17) is 0 Å². The van der Waals surface area contributed by atoms with Crippen LogP contribution in [0.2, 0.25) is 0 Å². The molecule has 0 aliphatic rings. The van der Waals surface area contributed by atoms with Gasteiger partial charge in [-0.3, -0.25) is 0 Å². The summed E-state index contributed by atoms with van der Waals surface area (Å²) in [6.07, 6.45) is 1.08. The van der Waals surface area contributed by atoms with Crippen LogP contribution in [0.1, 0.15) is 10.4 Å². The van der Waals surface area contributed by atoms with Crippen LogP contribution in [0.3, 0.4) is 0 Å². The van der Waals surface area contributed by atoms with Crippen LogP contribution in [-0.2, 0) is 14.6 Å². The molecule has 0 aromatic heterocycles. The first-order valence-corrected chi connectivity index (χ1v) is 6.62. The van der Waals surface area contributed by atoms with Gasteiger partial charge in [-0.05, 0) is 34.1 Å². The minimum Gasteiger partial charge on any atom is -0.465 e. The Morgan fingerprint density at radius 1 is 1.40 bits per heavy atom. The largest absolute Gasteiger partial charge is 0.465 e. The van der Waals surface area contributed by atoms with Crippen molar-refractivity contribution in [3.05, 3.63) is 28.2 Å². The average molecular weight is 293 g/mol. The molecule has 82 valence electrons. The van der Waals surface area contributed by atoms with Crippen LogP contribution in [0.4, 0.5) is 0 Å². The molecule has 4 nitrogen and oxygen atoms in total. The van der Waals surface area contributed by atoms with Gasteiger partial charge < -0.3 is 4.74 Å². The Balaban J connectivity index is 3.36. The SMILES string of the molecule is COC(=O)c1ccc(Br)c(S(C)(=O)=O)c1. The maximum Gasteiger partial charge on any atom is 0.337 e. The highest BCUT2D eigenvalue weighted by molar-refractivity contribution is 9.10. The predicted octanol–water partition coefficient (Wildman–Crippen LogP) is 1.64. The lowest BCUT2D eigenvalue weighted by Crippen LogP contribution is -2.05. The molecule has 0 fully saturated rings. The van der Waals surface area contributed by atoms with Crippen molar-refractivity contribution < 1.29 is 17.9 Å². The van der Waals surface area contributed by atoms with Crippen molar-refractivity contribution in [3.63, 3.8) is 0 Å². The molecule has 0 aliphatic carbocycles. The van der Waals surface area contributed by atoms with E-state index in [-0.39, 0.29) is 10.5 Å². The lowest BCUT2D eigenvalue weighted by Gasteiger charge is -2.04. The third-order valence-corrected chi connectivity index (χ3v) is 3.84. The number of carbonyl (C=O) groups excluding carboxylic acids is 1. The highest BCUT2D eigenvalue weighted by Crippen LogP contribution is 2.23. The van der Waals surface area contributed by atoms with E-state index in [1.807, 2.05) is 0 Å². The number of halogens is 1. The summed E-state index contributed by atoms with van der Waals surface area (Å²) in [5.74, 6) is -0.563. The quantitative estimate of drug-likeness (QED) is 0.778. The summed E-state index contributed by atoms with van der Waals surface area (Å²) in [5, 5.41) is 0. The standard InChI is InChI=1S/C9H9BrO4S/c1-14-9(11)6-3-4-7(10)8(5-6)15(2,12)13/h3-5H,1-2H3. The molecule has 0 saturated carbocycles. The van der Waals surface area contributed by atoms with Gasteiger partial charge in [0.25, 0.3) is 0 Å². The van der Waals surface area contributed by atoms with Crippen LogP contribution in [0, 0.1) is 0 Å².